The van der Waals surface area contributed by atoms with Crippen LogP contribution in [0.1, 0.15) is 26.2 Å². The molecule has 3 aliphatic rings. The first-order valence-corrected chi connectivity index (χ1v) is 12.8. The van der Waals surface area contributed by atoms with Crippen LogP contribution in [-0.4, -0.2) is 57.4 Å². The van der Waals surface area contributed by atoms with Gasteiger partial charge in [0.25, 0.3) is 15.9 Å². The second kappa shape index (κ2) is 6.98. The summed E-state index contributed by atoms with van der Waals surface area (Å²) < 4.78 is 54.4. The number of aliphatic hydroxyl groups is 1. The molecule has 1 aromatic carbocycles. The molecule has 162 valence electrons. The number of fused-ring (bicyclic) bond motifs is 2. The normalized spacial score (nSPS) is 25.3. The predicted molar refractivity (Wildman–Crippen MR) is 111 cm³/mol. The van der Waals surface area contributed by atoms with E-state index in [4.69, 9.17) is 0 Å². The molecule has 0 unspecified atom stereocenters. The number of amides is 1. The van der Waals surface area contributed by atoms with E-state index in [1.807, 2.05) is 6.92 Å². The molecule has 1 aromatic rings. The summed E-state index contributed by atoms with van der Waals surface area (Å²) in [5.74, 6) is -1.06. The molecular weight excluding hydrogens is 432 g/mol. The molecule has 0 aromatic heterocycles. The van der Waals surface area contributed by atoms with Gasteiger partial charge in [-0.25, -0.2) is 8.42 Å². The van der Waals surface area contributed by atoms with Crippen molar-refractivity contribution in [2.24, 2.45) is 10.3 Å². The zero-order valence-electron chi connectivity index (χ0n) is 16.4. The smallest absolute Gasteiger partial charge is 0.286 e. The van der Waals surface area contributed by atoms with Crippen LogP contribution in [0.4, 0.5) is 11.4 Å². The van der Waals surface area contributed by atoms with E-state index in [0.717, 1.165) is 25.2 Å². The number of benzene rings is 1. The highest BCUT2D eigenvalue weighted by molar-refractivity contribution is 7.92. The zero-order valence-corrected chi connectivity index (χ0v) is 18.0. The molecule has 1 amide bonds. The van der Waals surface area contributed by atoms with E-state index in [-0.39, 0.29) is 45.4 Å². The first kappa shape index (κ1) is 20.7. The maximum Gasteiger partial charge on any atom is 0.286 e. The average molecular weight is 455 g/mol. The zero-order chi connectivity index (χ0) is 21.8. The summed E-state index contributed by atoms with van der Waals surface area (Å²) in [5, 5.41) is 13.6. The molecule has 1 aliphatic carbocycles. The standard InChI is InChI=1S/C18H22N4O6S2/c1-3-22-13-6-4-5-11(13)16(23)15(18(22)24)17-19-12-8-7-10(20-29(2,25)26)9-14(12)30(27,28)21-17/h7-9,11,13,20,23H,3-6H2,1-2H3,(H,19,21)/t11-,13+/m1/s1. The Bertz CT molecular complexity index is 1200. The third-order valence-electron chi connectivity index (χ3n) is 5.57. The van der Waals surface area contributed by atoms with E-state index in [0.29, 0.717) is 13.0 Å². The molecule has 1 saturated carbocycles. The van der Waals surface area contributed by atoms with Crippen molar-refractivity contribution in [1.29, 1.82) is 0 Å². The van der Waals surface area contributed by atoms with Crippen molar-refractivity contribution in [3.05, 3.63) is 29.5 Å². The van der Waals surface area contributed by atoms with E-state index < -0.39 is 26.0 Å². The Morgan fingerprint density at radius 1 is 1.33 bits per heavy atom. The quantitative estimate of drug-likeness (QED) is 0.624. The van der Waals surface area contributed by atoms with E-state index in [1.165, 1.54) is 12.1 Å². The van der Waals surface area contributed by atoms with Crippen molar-refractivity contribution in [3.63, 3.8) is 0 Å². The molecular formula is C18H22N4O6S2. The van der Waals surface area contributed by atoms with Gasteiger partial charge >= 0.3 is 0 Å². The number of sulfonamides is 2. The molecule has 10 nitrogen and oxygen atoms in total. The summed E-state index contributed by atoms with van der Waals surface area (Å²) in [6.07, 6.45) is 3.32. The van der Waals surface area contributed by atoms with Gasteiger partial charge in [0.2, 0.25) is 10.0 Å². The summed E-state index contributed by atoms with van der Waals surface area (Å²) >= 11 is 0. The van der Waals surface area contributed by atoms with Crippen LogP contribution in [0.3, 0.4) is 0 Å². The highest BCUT2D eigenvalue weighted by Gasteiger charge is 2.46. The van der Waals surface area contributed by atoms with Gasteiger partial charge in [-0.15, -0.1) is 4.40 Å². The minimum absolute atomic E-state index is 0.0713. The number of amidine groups is 1. The molecule has 2 atom stereocenters. The fraction of sp³-hybridized carbons (Fsp3) is 0.444. The second-order valence-corrected chi connectivity index (χ2v) is 10.9. The molecule has 0 bridgehead atoms. The summed E-state index contributed by atoms with van der Waals surface area (Å²) in [5.41, 5.74) is 0.0818. The molecule has 1 fully saturated rings. The van der Waals surface area contributed by atoms with Gasteiger partial charge in [0, 0.05) is 24.2 Å². The lowest BCUT2D eigenvalue weighted by Gasteiger charge is -2.38. The summed E-state index contributed by atoms with van der Waals surface area (Å²) in [6.45, 7) is 2.28. The lowest BCUT2D eigenvalue weighted by molar-refractivity contribution is -0.130. The second-order valence-electron chi connectivity index (χ2n) is 7.58. The summed E-state index contributed by atoms with van der Waals surface area (Å²) in [7, 11) is -7.83. The number of hydrogen-bond acceptors (Lipinski definition) is 7. The minimum atomic E-state index is -4.24. The van der Waals surface area contributed by atoms with E-state index in [9.17, 15) is 26.7 Å². The molecule has 0 radical (unpaired) electrons. The minimum Gasteiger partial charge on any atom is -0.511 e. The third kappa shape index (κ3) is 3.43. The van der Waals surface area contributed by atoms with E-state index in [1.54, 1.807) is 4.90 Å². The van der Waals surface area contributed by atoms with Crippen LogP contribution in [0.15, 0.2) is 38.8 Å². The Hall–Kier alpha value is -2.60. The molecule has 3 N–H and O–H groups in total. The third-order valence-corrected chi connectivity index (χ3v) is 7.49. The first-order chi connectivity index (χ1) is 14.0. The predicted octanol–water partition coefficient (Wildman–Crippen LogP) is 1.41. The Balaban J connectivity index is 1.78. The van der Waals surface area contributed by atoms with E-state index in [2.05, 4.69) is 14.4 Å². The number of anilines is 2. The number of hydrogen-bond donors (Lipinski definition) is 3. The van der Waals surface area contributed by atoms with Crippen LogP contribution < -0.4 is 10.0 Å². The fourth-order valence-electron chi connectivity index (χ4n) is 4.37. The average Bonchev–Trinajstić information content (AvgIpc) is 3.11. The van der Waals surface area contributed by atoms with Crippen LogP contribution in [0.5, 0.6) is 0 Å². The van der Waals surface area contributed by atoms with Gasteiger partial charge in [-0.05, 0) is 38.0 Å². The lowest BCUT2D eigenvalue weighted by atomic mass is 9.90. The molecule has 4 rings (SSSR count). The lowest BCUT2D eigenvalue weighted by Crippen LogP contribution is -2.50. The Kier molecular flexibility index (Phi) is 4.81. The van der Waals surface area contributed by atoms with Gasteiger partial charge in [-0.3, -0.25) is 9.52 Å². The van der Waals surface area contributed by atoms with Crippen molar-refractivity contribution in [2.75, 3.05) is 22.8 Å². The molecule has 0 saturated heterocycles. The maximum absolute atomic E-state index is 13.1. The fourth-order valence-corrected chi connectivity index (χ4v) is 6.07. The SMILES string of the molecule is CCN1C(=O)C(C2=NS(=O)(=O)c3cc(NS(C)(=O)=O)ccc3N2)=C(O)[C@@H]2CCC[C@@H]21. The highest BCUT2D eigenvalue weighted by Crippen LogP contribution is 2.41. The van der Waals surface area contributed by atoms with Gasteiger partial charge in [-0.2, -0.15) is 8.42 Å². The van der Waals surface area contributed by atoms with Crippen molar-refractivity contribution in [1.82, 2.24) is 4.90 Å². The van der Waals surface area contributed by atoms with Crippen LogP contribution in [0.2, 0.25) is 0 Å². The van der Waals surface area contributed by atoms with Crippen molar-refractivity contribution < 1.29 is 26.7 Å². The van der Waals surface area contributed by atoms with Crippen LogP contribution in [-0.2, 0) is 24.8 Å². The topological polar surface area (TPSA) is 145 Å². The molecule has 0 spiro atoms. The van der Waals surface area contributed by atoms with Gasteiger partial charge in [-0.1, -0.05) is 6.42 Å². The van der Waals surface area contributed by atoms with Crippen molar-refractivity contribution in [2.45, 2.75) is 37.1 Å². The number of nitrogens with zero attached hydrogens (tertiary/aromatic N) is 2. The van der Waals surface area contributed by atoms with Gasteiger partial charge < -0.3 is 15.3 Å². The Labute approximate surface area is 174 Å². The Morgan fingerprint density at radius 2 is 2.07 bits per heavy atom. The number of aliphatic hydroxyl groups excluding tert-OH is 1. The van der Waals surface area contributed by atoms with E-state index >= 15 is 0 Å². The van der Waals surface area contributed by atoms with Crippen molar-refractivity contribution in [3.8, 4) is 0 Å². The highest BCUT2D eigenvalue weighted by atomic mass is 32.2. The molecule has 2 heterocycles. The Morgan fingerprint density at radius 3 is 2.73 bits per heavy atom. The van der Waals surface area contributed by atoms with Crippen LogP contribution >= 0.6 is 0 Å². The number of rotatable bonds is 4. The summed E-state index contributed by atoms with van der Waals surface area (Å²) in [6, 6.07) is 3.84. The van der Waals surface area contributed by atoms with Gasteiger partial charge in [0.05, 0.1) is 11.9 Å². The maximum atomic E-state index is 13.1. The number of likely N-dealkylation sites (N-methyl/N-ethyl adjacent to an activating group) is 1. The summed E-state index contributed by atoms with van der Waals surface area (Å²) in [4.78, 5) is 14.5. The van der Waals surface area contributed by atoms with Crippen molar-refractivity contribution >= 4 is 43.2 Å². The van der Waals surface area contributed by atoms with Gasteiger partial charge in [0.15, 0.2) is 5.84 Å². The molecule has 12 heteroatoms. The first-order valence-electron chi connectivity index (χ1n) is 9.50. The monoisotopic (exact) mass is 454 g/mol. The largest absolute Gasteiger partial charge is 0.511 e. The molecule has 30 heavy (non-hydrogen) atoms. The number of nitrogens with one attached hydrogen (secondary N) is 2. The number of carbonyl (C=O) groups is 1. The van der Waals surface area contributed by atoms with Gasteiger partial charge in [0.1, 0.15) is 16.2 Å². The van der Waals surface area contributed by atoms with Crippen LogP contribution in [0.25, 0.3) is 0 Å². The number of carbonyl (C=O) groups excluding carboxylic acids is 1. The van der Waals surface area contributed by atoms with Crippen LogP contribution in [0, 0.1) is 5.92 Å². The molecule has 2 aliphatic heterocycles.